The number of alkyl halides is 3. The average Bonchev–Trinajstić information content (AvgIpc) is 2.76. The number of carboxylic acids is 2. The quantitative estimate of drug-likeness (QED) is 0.465. The van der Waals surface area contributed by atoms with Crippen LogP contribution in [0.4, 0.5) is 13.2 Å². The fourth-order valence-corrected chi connectivity index (χ4v) is 3.25. The number of hydrogen-bond donors (Lipinski definition) is 1. The monoisotopic (exact) mass is 445 g/mol. The summed E-state index contributed by atoms with van der Waals surface area (Å²) < 4.78 is 38.3. The van der Waals surface area contributed by atoms with Crippen LogP contribution in [0.1, 0.15) is 36.1 Å². The molecule has 1 N–H and O–H groups in total. The van der Waals surface area contributed by atoms with E-state index >= 15 is 0 Å². The molecule has 0 fully saturated rings. The lowest BCUT2D eigenvalue weighted by Gasteiger charge is -2.17. The van der Waals surface area contributed by atoms with Crippen molar-refractivity contribution in [3.63, 3.8) is 0 Å². The maximum Gasteiger partial charge on any atom is 0.416 e. The lowest BCUT2D eigenvalue weighted by atomic mass is 9.99. The zero-order chi connectivity index (χ0) is 23.7. The topological polar surface area (TPSA) is 92.3 Å². The van der Waals surface area contributed by atoms with Gasteiger partial charge in [0.25, 0.3) is 0 Å². The van der Waals surface area contributed by atoms with E-state index in [1.165, 1.54) is 28.5 Å². The van der Waals surface area contributed by atoms with Crippen LogP contribution in [0.5, 0.6) is 0 Å². The number of benzene rings is 3. The molecular weight excluding hydrogens is 423 g/mol. The van der Waals surface area contributed by atoms with Crippen LogP contribution in [0, 0.1) is 0 Å². The molecule has 0 aliphatic carbocycles. The molecule has 8 heteroatoms. The number of aryl methyl sites for hydroxylation is 1. The van der Waals surface area contributed by atoms with Crippen LogP contribution >= 0.6 is 0 Å². The number of aliphatic carboxylic acids is 2. The van der Waals surface area contributed by atoms with Gasteiger partial charge in [-0.25, -0.2) is 0 Å². The van der Waals surface area contributed by atoms with Gasteiger partial charge in [0.1, 0.15) is 0 Å². The Morgan fingerprint density at radius 1 is 0.938 bits per heavy atom. The third-order valence-corrected chi connectivity index (χ3v) is 4.80. The molecule has 0 bridgehead atoms. The minimum Gasteiger partial charge on any atom is -0.543 e. The second-order valence-electron chi connectivity index (χ2n) is 7.12. The van der Waals surface area contributed by atoms with E-state index in [-0.39, 0.29) is 6.04 Å². The Morgan fingerprint density at radius 2 is 1.56 bits per heavy atom. The van der Waals surface area contributed by atoms with Crippen molar-refractivity contribution in [2.75, 3.05) is 6.54 Å². The van der Waals surface area contributed by atoms with Crippen LogP contribution in [-0.2, 0) is 22.2 Å². The minimum atomic E-state index is -4.28. The van der Waals surface area contributed by atoms with Crippen molar-refractivity contribution < 1.29 is 33.0 Å². The highest BCUT2D eigenvalue weighted by molar-refractivity contribution is 6.25. The second kappa shape index (κ2) is 11.3. The molecule has 0 amide bonds. The van der Waals surface area contributed by atoms with Gasteiger partial charge >= 0.3 is 6.18 Å². The van der Waals surface area contributed by atoms with Gasteiger partial charge < -0.3 is 25.1 Å². The summed E-state index contributed by atoms with van der Waals surface area (Å²) in [6.45, 7) is 2.87. The molecule has 170 valence electrons. The van der Waals surface area contributed by atoms with Crippen molar-refractivity contribution in [3.8, 4) is 0 Å². The average molecular weight is 445 g/mol. The molecule has 0 unspecified atom stereocenters. The maximum absolute atomic E-state index is 12.8. The van der Waals surface area contributed by atoms with Crippen LogP contribution in [0.25, 0.3) is 10.8 Å². The molecule has 1 atom stereocenters. The first kappa shape index (κ1) is 24.9. The predicted octanol–water partition coefficient (Wildman–Crippen LogP) is 2.63. The largest absolute Gasteiger partial charge is 0.543 e. The Balaban J connectivity index is 0.000000534. The zero-order valence-corrected chi connectivity index (χ0v) is 17.3. The molecule has 3 aromatic rings. The van der Waals surface area contributed by atoms with Crippen molar-refractivity contribution in [2.45, 2.75) is 32.0 Å². The third-order valence-electron chi connectivity index (χ3n) is 4.80. The van der Waals surface area contributed by atoms with Crippen LogP contribution < -0.4 is 15.5 Å². The molecule has 0 aromatic heterocycles. The maximum atomic E-state index is 12.8. The SMILES string of the molecule is C[C@@H](NCCCc1cccc(C(F)(F)F)c1)c1cccc2ccccc12.O=C([O-])C(=O)[O-]. The van der Waals surface area contributed by atoms with E-state index in [0.29, 0.717) is 6.42 Å². The summed E-state index contributed by atoms with van der Waals surface area (Å²) in [5.41, 5.74) is 1.38. The van der Waals surface area contributed by atoms with Gasteiger partial charge in [0.05, 0.1) is 17.5 Å². The Kier molecular flexibility index (Phi) is 8.78. The molecule has 5 nitrogen and oxygen atoms in total. The van der Waals surface area contributed by atoms with Gasteiger partial charge in [-0.05, 0) is 54.3 Å². The summed E-state index contributed by atoms with van der Waals surface area (Å²) in [5, 5.41) is 23.8. The summed E-state index contributed by atoms with van der Waals surface area (Å²) >= 11 is 0. The molecular formula is C24H22F3NO4-2. The first-order valence-electron chi connectivity index (χ1n) is 9.89. The lowest BCUT2D eigenvalue weighted by molar-refractivity contribution is -0.345. The number of halogens is 3. The van der Waals surface area contributed by atoms with Crippen molar-refractivity contribution in [2.24, 2.45) is 0 Å². The van der Waals surface area contributed by atoms with Gasteiger partial charge in [-0.2, -0.15) is 13.2 Å². The van der Waals surface area contributed by atoms with Crippen molar-refractivity contribution >= 4 is 22.7 Å². The van der Waals surface area contributed by atoms with Crippen LogP contribution in [0.3, 0.4) is 0 Å². The van der Waals surface area contributed by atoms with E-state index in [1.807, 2.05) is 12.1 Å². The normalized spacial score (nSPS) is 12.0. The molecule has 0 aliphatic rings. The zero-order valence-electron chi connectivity index (χ0n) is 17.3. The lowest BCUT2D eigenvalue weighted by Crippen LogP contribution is -2.42. The summed E-state index contributed by atoms with van der Waals surface area (Å²) in [6.07, 6.45) is -2.87. The fourth-order valence-electron chi connectivity index (χ4n) is 3.25. The van der Waals surface area contributed by atoms with E-state index in [9.17, 15) is 13.2 Å². The molecule has 32 heavy (non-hydrogen) atoms. The number of carbonyl (C=O) groups excluding carboxylic acids is 2. The fraction of sp³-hybridized carbons (Fsp3) is 0.250. The number of hydrogen-bond acceptors (Lipinski definition) is 5. The Morgan fingerprint density at radius 3 is 2.22 bits per heavy atom. The smallest absolute Gasteiger partial charge is 0.416 e. The first-order chi connectivity index (χ1) is 15.1. The Labute approximate surface area is 183 Å². The van der Waals surface area contributed by atoms with Gasteiger partial charge in [-0.15, -0.1) is 0 Å². The predicted molar refractivity (Wildman–Crippen MR) is 110 cm³/mol. The summed E-state index contributed by atoms with van der Waals surface area (Å²) in [4.78, 5) is 17.9. The van der Waals surface area contributed by atoms with Gasteiger partial charge in [0.2, 0.25) is 0 Å². The number of fused-ring (bicyclic) bond motifs is 1. The molecule has 0 saturated heterocycles. The van der Waals surface area contributed by atoms with Crippen molar-refractivity contribution in [1.82, 2.24) is 5.32 Å². The van der Waals surface area contributed by atoms with Gasteiger partial charge in [-0.1, -0.05) is 60.7 Å². The summed E-state index contributed by atoms with van der Waals surface area (Å²) in [5.74, 6) is -4.37. The summed E-state index contributed by atoms with van der Waals surface area (Å²) in [7, 11) is 0. The third kappa shape index (κ3) is 7.39. The van der Waals surface area contributed by atoms with Crippen LogP contribution in [-0.4, -0.2) is 18.5 Å². The van der Waals surface area contributed by atoms with Crippen molar-refractivity contribution in [1.29, 1.82) is 0 Å². The molecule has 0 spiro atoms. The van der Waals surface area contributed by atoms with Crippen molar-refractivity contribution in [3.05, 3.63) is 83.4 Å². The number of nitrogens with one attached hydrogen (secondary N) is 1. The van der Waals surface area contributed by atoms with Gasteiger partial charge in [0.15, 0.2) is 0 Å². The molecule has 0 radical (unpaired) electrons. The molecule has 3 rings (SSSR count). The first-order valence-corrected chi connectivity index (χ1v) is 9.89. The van der Waals surface area contributed by atoms with Crippen LogP contribution in [0.15, 0.2) is 66.7 Å². The van der Waals surface area contributed by atoms with Crippen LogP contribution in [0.2, 0.25) is 0 Å². The van der Waals surface area contributed by atoms with Gasteiger partial charge in [-0.3, -0.25) is 0 Å². The highest BCUT2D eigenvalue weighted by Crippen LogP contribution is 2.29. The number of rotatable bonds is 6. The van der Waals surface area contributed by atoms with Gasteiger partial charge in [0, 0.05) is 6.04 Å². The van der Waals surface area contributed by atoms with E-state index in [2.05, 4.69) is 42.6 Å². The standard InChI is InChI=1S/C22H22F3N.C2H2O4/c1-16(20-13-5-10-18-9-2-3-12-21(18)20)26-14-6-8-17-7-4-11-19(15-17)22(23,24)25;3-1(4)2(5)6/h2-5,7,9-13,15-16,26H,6,8,14H2,1H3;(H,3,4)(H,5,6)/p-2/t16-;/m1./s1. The van der Waals surface area contributed by atoms with E-state index < -0.39 is 23.7 Å². The van der Waals surface area contributed by atoms with E-state index in [4.69, 9.17) is 19.8 Å². The number of carboxylic acid groups (broad SMARTS) is 2. The molecule has 0 aliphatic heterocycles. The highest BCUT2D eigenvalue weighted by Gasteiger charge is 2.30. The molecule has 0 heterocycles. The Hall–Kier alpha value is -3.39. The van der Waals surface area contributed by atoms with E-state index in [1.54, 1.807) is 6.07 Å². The molecule has 3 aromatic carbocycles. The van der Waals surface area contributed by atoms with E-state index in [0.717, 1.165) is 24.6 Å². The highest BCUT2D eigenvalue weighted by atomic mass is 19.4. The number of carbonyl (C=O) groups is 2. The Bertz CT molecular complexity index is 1050. The molecule has 0 saturated carbocycles. The summed E-state index contributed by atoms with van der Waals surface area (Å²) in [6, 6.07) is 20.3. The minimum absolute atomic E-state index is 0.183. The second-order valence-corrected chi connectivity index (χ2v) is 7.12.